The van der Waals surface area contributed by atoms with Gasteiger partial charge in [0.05, 0.1) is 0 Å². The largest absolute Gasteiger partial charge is 0.357 e. The van der Waals surface area contributed by atoms with Crippen LogP contribution in [-0.4, -0.2) is 30.6 Å². The molecule has 0 aliphatic heterocycles. The summed E-state index contributed by atoms with van der Waals surface area (Å²) in [5.41, 5.74) is 2.33. The number of pyridine rings is 1. The number of aryl methyl sites for hydroxylation is 1. The first-order valence-electron chi connectivity index (χ1n) is 7.21. The Hall–Kier alpha value is -0.850. The second-order valence-corrected chi connectivity index (χ2v) is 5.15. The van der Waals surface area contributed by atoms with Gasteiger partial charge in [0.25, 0.3) is 0 Å². The second kappa shape index (κ2) is 9.15. The highest BCUT2D eigenvalue weighted by Gasteiger charge is 2.20. The number of hydrogen-bond donors (Lipinski definition) is 2. The van der Waals surface area contributed by atoms with E-state index < -0.39 is 0 Å². The van der Waals surface area contributed by atoms with Crippen LogP contribution in [0.25, 0.3) is 0 Å². The third-order valence-corrected chi connectivity index (χ3v) is 3.23. The Morgan fingerprint density at radius 2 is 2.15 bits per heavy atom. The molecule has 1 aliphatic rings. The molecule has 1 fully saturated rings. The van der Waals surface area contributed by atoms with Crippen LogP contribution >= 0.6 is 24.0 Å². The van der Waals surface area contributed by atoms with Crippen LogP contribution in [0, 0.1) is 12.8 Å². The van der Waals surface area contributed by atoms with E-state index in [0.29, 0.717) is 0 Å². The lowest BCUT2D eigenvalue weighted by Gasteiger charge is -2.11. The maximum Gasteiger partial charge on any atom is 0.191 e. The summed E-state index contributed by atoms with van der Waals surface area (Å²) in [4.78, 5) is 8.91. The molecule has 1 aromatic rings. The van der Waals surface area contributed by atoms with Gasteiger partial charge in [0.15, 0.2) is 5.96 Å². The van der Waals surface area contributed by atoms with Crippen molar-refractivity contribution < 1.29 is 0 Å². The molecular formula is C15H25IN4. The van der Waals surface area contributed by atoms with Crippen molar-refractivity contribution in [1.82, 2.24) is 15.6 Å². The minimum absolute atomic E-state index is 0. The second-order valence-electron chi connectivity index (χ2n) is 5.15. The number of hydrogen-bond acceptors (Lipinski definition) is 2. The molecular weight excluding hydrogens is 363 g/mol. The van der Waals surface area contributed by atoms with Gasteiger partial charge in [-0.25, -0.2) is 0 Å². The molecule has 0 bridgehead atoms. The zero-order chi connectivity index (χ0) is 13.5. The van der Waals surface area contributed by atoms with Crippen molar-refractivity contribution in [2.75, 3.05) is 19.6 Å². The van der Waals surface area contributed by atoms with Crippen molar-refractivity contribution in [2.24, 2.45) is 10.9 Å². The van der Waals surface area contributed by atoms with Gasteiger partial charge in [0.2, 0.25) is 0 Å². The molecule has 0 radical (unpaired) electrons. The molecule has 0 spiro atoms. The third-order valence-electron chi connectivity index (χ3n) is 3.23. The Morgan fingerprint density at radius 3 is 2.75 bits per heavy atom. The van der Waals surface area contributed by atoms with Crippen LogP contribution in [0.2, 0.25) is 0 Å². The molecule has 0 amide bonds. The first-order valence-corrected chi connectivity index (χ1v) is 7.21. The van der Waals surface area contributed by atoms with Gasteiger partial charge in [-0.1, -0.05) is 6.07 Å². The van der Waals surface area contributed by atoms with E-state index in [1.165, 1.54) is 18.4 Å². The van der Waals surface area contributed by atoms with Gasteiger partial charge < -0.3 is 10.6 Å². The Bertz CT molecular complexity index is 412. The number of nitrogens with one attached hydrogen (secondary N) is 2. The van der Waals surface area contributed by atoms with E-state index in [4.69, 9.17) is 0 Å². The molecule has 0 atom stereocenters. The maximum atomic E-state index is 4.60. The summed E-state index contributed by atoms with van der Waals surface area (Å²) in [5, 5.41) is 6.66. The number of halogens is 1. The Balaban J connectivity index is 0.00000200. The first-order chi connectivity index (χ1) is 9.28. The number of guanidine groups is 1. The topological polar surface area (TPSA) is 49.3 Å². The maximum absolute atomic E-state index is 4.60. The molecule has 4 nitrogen and oxygen atoms in total. The molecule has 1 saturated carbocycles. The highest BCUT2D eigenvalue weighted by molar-refractivity contribution is 14.0. The molecule has 1 heterocycles. The van der Waals surface area contributed by atoms with Crippen LogP contribution in [0.3, 0.4) is 0 Å². The Labute approximate surface area is 138 Å². The molecule has 1 aliphatic carbocycles. The third kappa shape index (κ3) is 6.54. The minimum atomic E-state index is 0. The molecule has 2 rings (SSSR count). The normalized spacial score (nSPS) is 14.6. The fourth-order valence-electron chi connectivity index (χ4n) is 1.83. The molecule has 0 aromatic carbocycles. The summed E-state index contributed by atoms with van der Waals surface area (Å²) >= 11 is 0. The summed E-state index contributed by atoms with van der Waals surface area (Å²) in [6.07, 6.45) is 5.61. The summed E-state index contributed by atoms with van der Waals surface area (Å²) in [6, 6.07) is 4.19. The number of aromatic nitrogens is 1. The zero-order valence-electron chi connectivity index (χ0n) is 12.4. The van der Waals surface area contributed by atoms with Gasteiger partial charge in [-0.15, -0.1) is 24.0 Å². The van der Waals surface area contributed by atoms with E-state index in [-0.39, 0.29) is 24.0 Å². The molecule has 0 saturated heterocycles. The molecule has 20 heavy (non-hydrogen) atoms. The summed E-state index contributed by atoms with van der Waals surface area (Å²) in [5.74, 6) is 1.77. The van der Waals surface area contributed by atoms with Crippen LogP contribution in [0.4, 0.5) is 0 Å². The van der Waals surface area contributed by atoms with Crippen molar-refractivity contribution in [3.63, 3.8) is 0 Å². The lowest BCUT2D eigenvalue weighted by molar-refractivity contribution is 0.775. The van der Waals surface area contributed by atoms with Gasteiger partial charge in [-0.05, 0) is 50.7 Å². The van der Waals surface area contributed by atoms with Gasteiger partial charge in [-0.2, -0.15) is 0 Å². The Morgan fingerprint density at radius 1 is 1.35 bits per heavy atom. The SMILES string of the molecule is CCNC(=NCC1CC1)NCCc1ccc(C)nc1.I. The van der Waals surface area contributed by atoms with Crippen molar-refractivity contribution in [2.45, 2.75) is 33.1 Å². The van der Waals surface area contributed by atoms with Gasteiger partial charge in [-0.3, -0.25) is 9.98 Å². The van der Waals surface area contributed by atoms with E-state index in [2.05, 4.69) is 39.7 Å². The average Bonchev–Trinajstić information content (AvgIpc) is 3.22. The van der Waals surface area contributed by atoms with E-state index in [1.54, 1.807) is 0 Å². The van der Waals surface area contributed by atoms with Gasteiger partial charge in [0.1, 0.15) is 0 Å². The quantitative estimate of drug-likeness (QED) is 0.447. The average molecular weight is 388 g/mol. The van der Waals surface area contributed by atoms with Crippen LogP contribution in [0.1, 0.15) is 31.0 Å². The molecule has 1 aromatic heterocycles. The number of rotatable bonds is 6. The predicted molar refractivity (Wildman–Crippen MR) is 94.8 cm³/mol. The molecule has 5 heteroatoms. The van der Waals surface area contributed by atoms with Gasteiger partial charge in [0, 0.05) is 31.5 Å². The lowest BCUT2D eigenvalue weighted by atomic mass is 10.2. The zero-order valence-corrected chi connectivity index (χ0v) is 14.7. The highest BCUT2D eigenvalue weighted by atomic mass is 127. The van der Waals surface area contributed by atoms with E-state index in [0.717, 1.165) is 43.6 Å². The molecule has 2 N–H and O–H groups in total. The van der Waals surface area contributed by atoms with Crippen LogP contribution < -0.4 is 10.6 Å². The first kappa shape index (κ1) is 17.2. The van der Waals surface area contributed by atoms with Crippen molar-refractivity contribution >= 4 is 29.9 Å². The number of nitrogens with zero attached hydrogens (tertiary/aromatic N) is 2. The van der Waals surface area contributed by atoms with Crippen LogP contribution in [-0.2, 0) is 6.42 Å². The minimum Gasteiger partial charge on any atom is -0.357 e. The van der Waals surface area contributed by atoms with Crippen molar-refractivity contribution in [3.05, 3.63) is 29.6 Å². The van der Waals surface area contributed by atoms with Gasteiger partial charge >= 0.3 is 0 Å². The summed E-state index contributed by atoms with van der Waals surface area (Å²) in [6.45, 7) is 6.86. The monoisotopic (exact) mass is 388 g/mol. The smallest absolute Gasteiger partial charge is 0.191 e. The van der Waals surface area contributed by atoms with Crippen molar-refractivity contribution in [1.29, 1.82) is 0 Å². The van der Waals surface area contributed by atoms with Crippen LogP contribution in [0.15, 0.2) is 23.3 Å². The molecule has 112 valence electrons. The van der Waals surface area contributed by atoms with Crippen molar-refractivity contribution in [3.8, 4) is 0 Å². The summed E-state index contributed by atoms with van der Waals surface area (Å²) in [7, 11) is 0. The fraction of sp³-hybridized carbons (Fsp3) is 0.600. The lowest BCUT2D eigenvalue weighted by Crippen LogP contribution is -2.38. The standard InChI is InChI=1S/C15H24N4.HI/c1-3-16-15(19-11-13-6-7-13)17-9-8-14-5-4-12(2)18-10-14;/h4-5,10,13H,3,6-9,11H2,1-2H3,(H2,16,17,19);1H. The van der Waals surface area contributed by atoms with E-state index >= 15 is 0 Å². The Kier molecular flexibility index (Phi) is 7.87. The summed E-state index contributed by atoms with van der Waals surface area (Å²) < 4.78 is 0. The van der Waals surface area contributed by atoms with E-state index in [1.807, 2.05) is 13.1 Å². The van der Waals surface area contributed by atoms with E-state index in [9.17, 15) is 0 Å². The number of aliphatic imine (C=N–C) groups is 1. The molecule has 0 unspecified atom stereocenters. The fourth-order valence-corrected chi connectivity index (χ4v) is 1.83. The van der Waals surface area contributed by atoms with Crippen LogP contribution in [0.5, 0.6) is 0 Å². The predicted octanol–water partition coefficient (Wildman–Crippen LogP) is 2.52. The highest BCUT2D eigenvalue weighted by Crippen LogP contribution is 2.28.